The van der Waals surface area contributed by atoms with Crippen molar-refractivity contribution in [3.05, 3.63) is 59.2 Å². The minimum absolute atomic E-state index is 0.0860. The van der Waals surface area contributed by atoms with Gasteiger partial charge in [0.15, 0.2) is 22.9 Å². The maximum atomic E-state index is 12.7. The van der Waals surface area contributed by atoms with Crippen LogP contribution in [0.25, 0.3) is 0 Å². The summed E-state index contributed by atoms with van der Waals surface area (Å²) in [7, 11) is 3.20. The van der Waals surface area contributed by atoms with Crippen LogP contribution in [-0.2, 0) is 11.2 Å². The van der Waals surface area contributed by atoms with Crippen molar-refractivity contribution in [2.45, 2.75) is 18.1 Å². The summed E-state index contributed by atoms with van der Waals surface area (Å²) in [6.07, 6.45) is 0.424. The van der Waals surface area contributed by atoms with Crippen molar-refractivity contribution >= 4 is 5.78 Å². The first-order chi connectivity index (χ1) is 10.7. The SMILES string of the molecule is COc1ccc([C@H]2O[C@@]23Cc2ccccc2C3=O)cc1OC. The van der Waals surface area contributed by atoms with Gasteiger partial charge >= 0.3 is 0 Å². The molecule has 0 radical (unpaired) electrons. The highest BCUT2D eigenvalue weighted by molar-refractivity contribution is 6.09. The standard InChI is InChI=1S/C18H16O4/c1-20-14-8-7-11(9-15(14)21-2)17-18(22-17)10-12-5-3-4-6-13(12)16(18)19/h3-9,17H,10H2,1-2H3/t17-,18-/m1/s1. The van der Waals surface area contributed by atoms with E-state index in [1.165, 1.54) is 0 Å². The topological polar surface area (TPSA) is 48.1 Å². The summed E-state index contributed by atoms with van der Waals surface area (Å²) in [6.45, 7) is 0. The molecule has 1 aliphatic carbocycles. The number of ether oxygens (including phenoxy) is 3. The molecule has 4 nitrogen and oxygen atoms in total. The molecule has 0 bridgehead atoms. The van der Waals surface area contributed by atoms with Gasteiger partial charge in [-0.15, -0.1) is 0 Å². The average Bonchev–Trinajstić information content (AvgIpc) is 3.21. The molecule has 2 aromatic carbocycles. The molecule has 0 N–H and O–H groups in total. The highest BCUT2D eigenvalue weighted by atomic mass is 16.6. The van der Waals surface area contributed by atoms with Crippen LogP contribution >= 0.6 is 0 Å². The number of hydrogen-bond acceptors (Lipinski definition) is 4. The van der Waals surface area contributed by atoms with Crippen LogP contribution in [0.1, 0.15) is 27.6 Å². The summed E-state index contributed by atoms with van der Waals surface area (Å²) < 4.78 is 16.4. The van der Waals surface area contributed by atoms with Gasteiger partial charge in [0.25, 0.3) is 0 Å². The van der Waals surface area contributed by atoms with Crippen LogP contribution < -0.4 is 9.47 Å². The van der Waals surface area contributed by atoms with Gasteiger partial charge in [-0.1, -0.05) is 30.3 Å². The molecule has 0 amide bonds. The van der Waals surface area contributed by atoms with E-state index in [0.29, 0.717) is 17.9 Å². The van der Waals surface area contributed by atoms with E-state index in [-0.39, 0.29) is 11.9 Å². The van der Waals surface area contributed by atoms with Crippen molar-refractivity contribution in [3.8, 4) is 11.5 Å². The average molecular weight is 296 g/mol. The first-order valence-electron chi connectivity index (χ1n) is 7.22. The van der Waals surface area contributed by atoms with Crippen LogP contribution in [-0.4, -0.2) is 25.6 Å². The Balaban J connectivity index is 1.67. The van der Waals surface area contributed by atoms with Crippen molar-refractivity contribution in [2.75, 3.05) is 14.2 Å². The van der Waals surface area contributed by atoms with Crippen LogP contribution in [0.5, 0.6) is 11.5 Å². The highest BCUT2D eigenvalue weighted by Crippen LogP contribution is 2.57. The second-order valence-electron chi connectivity index (χ2n) is 5.66. The van der Waals surface area contributed by atoms with E-state index in [4.69, 9.17) is 14.2 Å². The number of carbonyl (C=O) groups is 1. The number of epoxide rings is 1. The minimum Gasteiger partial charge on any atom is -0.493 e. The maximum Gasteiger partial charge on any atom is 0.198 e. The molecule has 112 valence electrons. The fourth-order valence-corrected chi connectivity index (χ4v) is 3.32. The molecule has 22 heavy (non-hydrogen) atoms. The number of ketones is 1. The third kappa shape index (κ3) is 1.70. The zero-order valence-electron chi connectivity index (χ0n) is 12.5. The molecule has 1 spiro atoms. The normalized spacial score (nSPS) is 25.2. The van der Waals surface area contributed by atoms with Crippen LogP contribution in [0.2, 0.25) is 0 Å². The van der Waals surface area contributed by atoms with E-state index in [9.17, 15) is 4.79 Å². The number of hydrogen-bond donors (Lipinski definition) is 0. The van der Waals surface area contributed by atoms with E-state index in [0.717, 1.165) is 16.7 Å². The van der Waals surface area contributed by atoms with Crippen molar-refractivity contribution in [1.29, 1.82) is 0 Å². The first-order valence-corrected chi connectivity index (χ1v) is 7.22. The van der Waals surface area contributed by atoms with Crippen molar-refractivity contribution < 1.29 is 19.0 Å². The Labute approximate surface area is 128 Å². The van der Waals surface area contributed by atoms with Gasteiger partial charge in [0.2, 0.25) is 0 Å². The second-order valence-corrected chi connectivity index (χ2v) is 5.66. The first kappa shape index (κ1) is 13.3. The summed E-state index contributed by atoms with van der Waals surface area (Å²) in [5.41, 5.74) is 2.07. The third-order valence-electron chi connectivity index (χ3n) is 4.50. The summed E-state index contributed by atoms with van der Waals surface area (Å²) in [5, 5.41) is 0. The van der Waals surface area contributed by atoms with Gasteiger partial charge in [0, 0.05) is 12.0 Å². The van der Waals surface area contributed by atoms with Crippen LogP contribution in [0.4, 0.5) is 0 Å². The summed E-state index contributed by atoms with van der Waals surface area (Å²) in [6, 6.07) is 13.4. The molecule has 1 saturated heterocycles. The number of rotatable bonds is 3. The van der Waals surface area contributed by atoms with Crippen LogP contribution in [0, 0.1) is 0 Å². The Hall–Kier alpha value is -2.33. The second kappa shape index (κ2) is 4.58. The fraction of sp³-hybridized carbons (Fsp3) is 0.278. The maximum absolute atomic E-state index is 12.7. The number of benzene rings is 2. The van der Waals surface area contributed by atoms with Gasteiger partial charge in [0.05, 0.1) is 14.2 Å². The fourth-order valence-electron chi connectivity index (χ4n) is 3.32. The molecule has 4 heteroatoms. The van der Waals surface area contributed by atoms with Crippen molar-refractivity contribution in [3.63, 3.8) is 0 Å². The molecular formula is C18H16O4. The van der Waals surface area contributed by atoms with Gasteiger partial charge in [-0.2, -0.15) is 0 Å². The van der Waals surface area contributed by atoms with Crippen LogP contribution in [0.3, 0.4) is 0 Å². The van der Waals surface area contributed by atoms with Gasteiger partial charge < -0.3 is 14.2 Å². The third-order valence-corrected chi connectivity index (χ3v) is 4.50. The highest BCUT2D eigenvalue weighted by Gasteiger charge is 2.66. The van der Waals surface area contributed by atoms with E-state index in [1.807, 2.05) is 42.5 Å². The Bertz CT molecular complexity index is 767. The quantitative estimate of drug-likeness (QED) is 0.817. The van der Waals surface area contributed by atoms with Gasteiger partial charge in [-0.3, -0.25) is 4.79 Å². The summed E-state index contributed by atoms with van der Waals surface area (Å²) in [4.78, 5) is 12.7. The molecule has 4 rings (SSSR count). The lowest BCUT2D eigenvalue weighted by Gasteiger charge is -2.09. The van der Waals surface area contributed by atoms with Crippen molar-refractivity contribution in [1.82, 2.24) is 0 Å². The number of Topliss-reactive ketones (excluding diaryl/α,β-unsaturated/α-hetero) is 1. The van der Waals surface area contributed by atoms with Gasteiger partial charge in [-0.25, -0.2) is 0 Å². The number of carbonyl (C=O) groups excluding carboxylic acids is 1. The number of fused-ring (bicyclic) bond motifs is 1. The molecule has 1 aliphatic heterocycles. The predicted octanol–water partition coefficient (Wildman–Crippen LogP) is 2.95. The minimum atomic E-state index is -0.719. The summed E-state index contributed by atoms with van der Waals surface area (Å²) >= 11 is 0. The van der Waals surface area contributed by atoms with Gasteiger partial charge in [0.1, 0.15) is 6.10 Å². The predicted molar refractivity (Wildman–Crippen MR) is 80.6 cm³/mol. The Morgan fingerprint density at radius 2 is 1.86 bits per heavy atom. The lowest BCUT2D eigenvalue weighted by Crippen LogP contribution is -2.20. The molecule has 2 atom stereocenters. The molecule has 1 heterocycles. The zero-order valence-corrected chi connectivity index (χ0v) is 12.5. The molecule has 2 aromatic rings. The molecular weight excluding hydrogens is 280 g/mol. The zero-order chi connectivity index (χ0) is 15.3. The lowest BCUT2D eigenvalue weighted by atomic mass is 9.95. The molecule has 2 aliphatic rings. The summed E-state index contributed by atoms with van der Waals surface area (Å²) in [5.74, 6) is 1.40. The monoisotopic (exact) mass is 296 g/mol. The Kier molecular flexibility index (Phi) is 2.78. The Morgan fingerprint density at radius 3 is 2.59 bits per heavy atom. The van der Waals surface area contributed by atoms with E-state index in [2.05, 4.69) is 0 Å². The molecule has 0 aromatic heterocycles. The molecule has 0 saturated carbocycles. The Morgan fingerprint density at radius 1 is 1.09 bits per heavy atom. The lowest BCUT2D eigenvalue weighted by molar-refractivity contribution is 0.0894. The number of methoxy groups -OCH3 is 2. The smallest absolute Gasteiger partial charge is 0.198 e. The van der Waals surface area contributed by atoms with E-state index >= 15 is 0 Å². The largest absolute Gasteiger partial charge is 0.493 e. The van der Waals surface area contributed by atoms with E-state index in [1.54, 1.807) is 14.2 Å². The van der Waals surface area contributed by atoms with Crippen LogP contribution in [0.15, 0.2) is 42.5 Å². The van der Waals surface area contributed by atoms with E-state index < -0.39 is 5.60 Å². The van der Waals surface area contributed by atoms with Crippen molar-refractivity contribution in [2.24, 2.45) is 0 Å². The van der Waals surface area contributed by atoms with Gasteiger partial charge in [-0.05, 0) is 23.3 Å². The molecule has 0 unspecified atom stereocenters. The molecule has 1 fully saturated rings.